The Bertz CT molecular complexity index is 898. The van der Waals surface area contributed by atoms with Crippen molar-refractivity contribution in [1.29, 1.82) is 0 Å². The topological polar surface area (TPSA) is 100 Å². The third-order valence-corrected chi connectivity index (χ3v) is 4.39. The monoisotopic (exact) mass is 368 g/mol. The summed E-state index contributed by atoms with van der Waals surface area (Å²) in [6.07, 6.45) is 1.48. The van der Waals surface area contributed by atoms with Gasteiger partial charge >= 0.3 is 6.03 Å². The zero-order chi connectivity index (χ0) is 17.8. The number of ether oxygens (including phenoxy) is 1. The molecule has 0 unspecified atom stereocenters. The molecular weight excluding hydrogens is 352 g/mol. The Balaban J connectivity index is 1.41. The molecule has 4 N–H and O–H groups in total. The van der Waals surface area contributed by atoms with E-state index in [1.54, 1.807) is 0 Å². The number of amides is 2. The maximum atomic E-state index is 11.9. The predicted molar refractivity (Wildman–Crippen MR) is 103 cm³/mol. The average molecular weight is 368 g/mol. The van der Waals surface area contributed by atoms with Crippen molar-refractivity contribution < 1.29 is 9.53 Å². The van der Waals surface area contributed by atoms with Crippen LogP contribution in [0.25, 0.3) is 0 Å². The number of carbonyl (C=O) groups excluding carboxylic acids is 1. The van der Waals surface area contributed by atoms with Crippen molar-refractivity contribution >= 4 is 45.4 Å². The maximum Gasteiger partial charge on any atom is 0.324 e. The molecule has 0 aliphatic carbocycles. The van der Waals surface area contributed by atoms with E-state index in [-0.39, 0.29) is 6.03 Å². The number of rotatable bonds is 4. The molecule has 1 aromatic carbocycles. The molecule has 0 atom stereocenters. The molecule has 132 valence electrons. The van der Waals surface area contributed by atoms with Crippen molar-refractivity contribution in [2.75, 3.05) is 34.4 Å². The van der Waals surface area contributed by atoms with Crippen LogP contribution in [0.15, 0.2) is 48.1 Å². The summed E-state index contributed by atoms with van der Waals surface area (Å²) in [5.74, 6) is 1.88. The Labute approximate surface area is 153 Å². The minimum Gasteiger partial charge on any atom is -0.485 e. The summed E-state index contributed by atoms with van der Waals surface area (Å²) >= 11 is 1.47. The number of hydrogen-bond acceptors (Lipinski definition) is 7. The first-order valence-corrected chi connectivity index (χ1v) is 8.86. The highest BCUT2D eigenvalue weighted by atomic mass is 32.1. The molecule has 8 nitrogen and oxygen atoms in total. The molecule has 0 spiro atoms. The van der Waals surface area contributed by atoms with Crippen molar-refractivity contribution in [3.63, 3.8) is 0 Å². The van der Waals surface area contributed by atoms with Crippen LogP contribution in [-0.2, 0) is 0 Å². The summed E-state index contributed by atoms with van der Waals surface area (Å²) in [5.41, 5.74) is 1.51. The second kappa shape index (κ2) is 7.28. The van der Waals surface area contributed by atoms with Gasteiger partial charge in [-0.2, -0.15) is 0 Å². The number of fused-ring (bicyclic) bond motifs is 1. The highest BCUT2D eigenvalue weighted by Gasteiger charge is 2.16. The molecule has 1 aliphatic rings. The zero-order valence-corrected chi connectivity index (χ0v) is 14.5. The summed E-state index contributed by atoms with van der Waals surface area (Å²) in [4.78, 5) is 20.3. The maximum absolute atomic E-state index is 11.9. The highest BCUT2D eigenvalue weighted by molar-refractivity contribution is 7.14. The van der Waals surface area contributed by atoms with Crippen LogP contribution in [0.4, 0.5) is 32.8 Å². The van der Waals surface area contributed by atoms with Crippen LogP contribution in [-0.4, -0.2) is 29.2 Å². The number of anilines is 5. The van der Waals surface area contributed by atoms with E-state index in [0.717, 1.165) is 17.2 Å². The summed E-state index contributed by atoms with van der Waals surface area (Å²) in [6.45, 7) is 1.29. The average Bonchev–Trinajstić information content (AvgIpc) is 3.16. The van der Waals surface area contributed by atoms with Gasteiger partial charge in [-0.25, -0.2) is 14.8 Å². The number of benzene rings is 1. The van der Waals surface area contributed by atoms with Crippen LogP contribution in [0, 0.1) is 0 Å². The van der Waals surface area contributed by atoms with Gasteiger partial charge in [0, 0.05) is 11.4 Å². The van der Waals surface area contributed by atoms with Gasteiger partial charge in [0.15, 0.2) is 11.6 Å². The standard InChI is InChI=1S/C17H16N6O2S/c24-17(23-13-2-1-9-26-13)22-12-5-3-11(4-6-12)21-16-14-15(19-10-20-16)18-7-8-25-14/h1-6,9-10H,7-8H2,(H2,22,23,24)(H2,18,19,20,21). The Hall–Kier alpha value is -3.33. The molecule has 9 heteroatoms. The fraction of sp³-hybridized carbons (Fsp3) is 0.118. The number of hydrogen-bond donors (Lipinski definition) is 4. The van der Waals surface area contributed by atoms with Crippen LogP contribution in [0.1, 0.15) is 0 Å². The molecule has 0 saturated heterocycles. The van der Waals surface area contributed by atoms with E-state index in [1.165, 1.54) is 17.7 Å². The molecule has 0 saturated carbocycles. The fourth-order valence-electron chi connectivity index (χ4n) is 2.45. The Morgan fingerprint density at radius 2 is 1.96 bits per heavy atom. The first kappa shape index (κ1) is 16.2. The lowest BCUT2D eigenvalue weighted by molar-refractivity contribution is 0.262. The number of urea groups is 1. The first-order chi connectivity index (χ1) is 12.8. The molecule has 0 radical (unpaired) electrons. The molecule has 2 amide bonds. The van der Waals surface area contributed by atoms with Gasteiger partial charge in [-0.05, 0) is 41.8 Å². The molecule has 0 fully saturated rings. The van der Waals surface area contributed by atoms with Gasteiger partial charge < -0.3 is 20.7 Å². The van der Waals surface area contributed by atoms with Crippen LogP contribution in [0.5, 0.6) is 5.75 Å². The molecule has 26 heavy (non-hydrogen) atoms. The lowest BCUT2D eigenvalue weighted by Gasteiger charge is -2.20. The van der Waals surface area contributed by atoms with E-state index in [4.69, 9.17) is 4.74 Å². The van der Waals surface area contributed by atoms with E-state index >= 15 is 0 Å². The largest absolute Gasteiger partial charge is 0.485 e. The summed E-state index contributed by atoms with van der Waals surface area (Å²) in [7, 11) is 0. The van der Waals surface area contributed by atoms with Gasteiger partial charge in [-0.15, -0.1) is 11.3 Å². The Morgan fingerprint density at radius 3 is 2.77 bits per heavy atom. The van der Waals surface area contributed by atoms with E-state index in [9.17, 15) is 4.79 Å². The van der Waals surface area contributed by atoms with Crippen molar-refractivity contribution in [3.8, 4) is 5.75 Å². The van der Waals surface area contributed by atoms with Gasteiger partial charge in [-0.1, -0.05) is 0 Å². The Morgan fingerprint density at radius 1 is 1.12 bits per heavy atom. The smallest absolute Gasteiger partial charge is 0.324 e. The molecule has 0 bridgehead atoms. The number of aromatic nitrogens is 2. The minimum absolute atomic E-state index is 0.280. The first-order valence-electron chi connectivity index (χ1n) is 7.98. The van der Waals surface area contributed by atoms with E-state index in [0.29, 0.717) is 29.7 Å². The highest BCUT2D eigenvalue weighted by Crippen LogP contribution is 2.33. The van der Waals surface area contributed by atoms with Gasteiger partial charge in [0.1, 0.15) is 12.9 Å². The number of carbonyl (C=O) groups is 1. The predicted octanol–water partition coefficient (Wildman–Crippen LogP) is 3.73. The minimum atomic E-state index is -0.280. The molecule has 3 heterocycles. The van der Waals surface area contributed by atoms with E-state index in [2.05, 4.69) is 31.2 Å². The summed E-state index contributed by atoms with van der Waals surface area (Å²) in [6, 6.07) is 10.8. The zero-order valence-electron chi connectivity index (χ0n) is 13.7. The van der Waals surface area contributed by atoms with Crippen LogP contribution in [0.3, 0.4) is 0 Å². The number of nitrogens with one attached hydrogen (secondary N) is 4. The normalized spacial score (nSPS) is 12.3. The van der Waals surface area contributed by atoms with Crippen molar-refractivity contribution in [2.24, 2.45) is 0 Å². The lowest BCUT2D eigenvalue weighted by atomic mass is 10.2. The van der Waals surface area contributed by atoms with Crippen LogP contribution in [0.2, 0.25) is 0 Å². The quantitative estimate of drug-likeness (QED) is 0.560. The number of thiophene rings is 1. The lowest BCUT2D eigenvalue weighted by Crippen LogP contribution is -2.20. The molecular formula is C17H16N6O2S. The van der Waals surface area contributed by atoms with Gasteiger partial charge in [0.05, 0.1) is 11.5 Å². The van der Waals surface area contributed by atoms with Gasteiger partial charge in [0.25, 0.3) is 0 Å². The third kappa shape index (κ3) is 3.67. The van der Waals surface area contributed by atoms with E-state index in [1.807, 2.05) is 41.8 Å². The molecule has 1 aliphatic heterocycles. The van der Waals surface area contributed by atoms with Crippen molar-refractivity contribution in [3.05, 3.63) is 48.1 Å². The fourth-order valence-corrected chi connectivity index (χ4v) is 3.06. The molecule has 4 rings (SSSR count). The number of nitrogens with zero attached hydrogens (tertiary/aromatic N) is 2. The van der Waals surface area contributed by atoms with Crippen molar-refractivity contribution in [2.45, 2.75) is 0 Å². The molecule has 2 aromatic heterocycles. The van der Waals surface area contributed by atoms with Crippen molar-refractivity contribution in [1.82, 2.24) is 9.97 Å². The van der Waals surface area contributed by atoms with Gasteiger partial charge in [0.2, 0.25) is 5.75 Å². The van der Waals surface area contributed by atoms with E-state index < -0.39 is 0 Å². The third-order valence-electron chi connectivity index (χ3n) is 3.61. The summed E-state index contributed by atoms with van der Waals surface area (Å²) in [5, 5.41) is 14.6. The second-order valence-corrected chi connectivity index (χ2v) is 6.38. The Kier molecular flexibility index (Phi) is 4.52. The second-order valence-electron chi connectivity index (χ2n) is 5.43. The van der Waals surface area contributed by atoms with Crippen LogP contribution < -0.4 is 26.0 Å². The van der Waals surface area contributed by atoms with Crippen LogP contribution >= 0.6 is 11.3 Å². The van der Waals surface area contributed by atoms with Gasteiger partial charge in [-0.3, -0.25) is 5.32 Å². The molecule has 3 aromatic rings. The summed E-state index contributed by atoms with van der Waals surface area (Å²) < 4.78 is 5.64. The SMILES string of the molecule is O=C(Nc1ccc(Nc2ncnc3c2OCCN3)cc1)Nc1cccs1.